The number of rotatable bonds is 7. The lowest BCUT2D eigenvalue weighted by Crippen LogP contribution is -2.41. The van der Waals surface area contributed by atoms with Gasteiger partial charge in [0.2, 0.25) is 5.91 Å². The molecular formula is C20H26N4O3S. The van der Waals surface area contributed by atoms with Crippen LogP contribution >= 0.6 is 11.8 Å². The highest BCUT2D eigenvalue weighted by atomic mass is 32.2. The summed E-state index contributed by atoms with van der Waals surface area (Å²) in [6, 6.07) is 10.1. The first-order chi connectivity index (χ1) is 13.6. The van der Waals surface area contributed by atoms with E-state index in [1.807, 2.05) is 41.5 Å². The van der Waals surface area contributed by atoms with Gasteiger partial charge in [-0.05, 0) is 32.3 Å². The van der Waals surface area contributed by atoms with Gasteiger partial charge in [0, 0.05) is 13.1 Å². The van der Waals surface area contributed by atoms with Gasteiger partial charge in [-0.25, -0.2) is 0 Å². The molecule has 2 heterocycles. The van der Waals surface area contributed by atoms with E-state index in [0.29, 0.717) is 44.8 Å². The molecular weight excluding hydrogens is 376 g/mol. The van der Waals surface area contributed by atoms with Gasteiger partial charge in [-0.3, -0.25) is 9.59 Å². The number of carbonyl (C=O) groups excluding carboxylic acids is 2. The second kappa shape index (κ2) is 9.73. The number of carbonyl (C=O) groups is 2. The van der Waals surface area contributed by atoms with E-state index in [4.69, 9.17) is 4.74 Å². The molecule has 3 rings (SSSR count). The topological polar surface area (TPSA) is 77.3 Å². The molecule has 7 nitrogen and oxygen atoms in total. The molecule has 0 aliphatic carbocycles. The molecule has 1 saturated heterocycles. The molecule has 1 aliphatic rings. The average molecular weight is 403 g/mol. The third-order valence-electron chi connectivity index (χ3n) is 4.88. The Bertz CT molecular complexity index is 801. The molecule has 1 amide bonds. The van der Waals surface area contributed by atoms with Crippen LogP contribution in [0.2, 0.25) is 0 Å². The van der Waals surface area contributed by atoms with Gasteiger partial charge >= 0.3 is 5.97 Å². The fourth-order valence-electron chi connectivity index (χ4n) is 3.26. The summed E-state index contributed by atoms with van der Waals surface area (Å²) in [5.74, 6) is 0.979. The summed E-state index contributed by atoms with van der Waals surface area (Å²) in [4.78, 5) is 26.2. The summed E-state index contributed by atoms with van der Waals surface area (Å²) in [6.45, 7) is 6.00. The number of nitrogens with zero attached hydrogens (tertiary/aromatic N) is 4. The van der Waals surface area contributed by atoms with Crippen molar-refractivity contribution in [2.45, 2.75) is 38.4 Å². The van der Waals surface area contributed by atoms with Crippen molar-refractivity contribution in [1.29, 1.82) is 0 Å². The molecule has 1 aromatic heterocycles. The van der Waals surface area contributed by atoms with E-state index in [9.17, 15) is 9.59 Å². The van der Waals surface area contributed by atoms with Crippen LogP contribution in [0.1, 0.15) is 31.2 Å². The monoisotopic (exact) mass is 402 g/mol. The van der Waals surface area contributed by atoms with E-state index in [0.717, 1.165) is 11.0 Å². The number of benzene rings is 1. The van der Waals surface area contributed by atoms with Gasteiger partial charge in [-0.2, -0.15) is 0 Å². The zero-order chi connectivity index (χ0) is 19.9. The van der Waals surface area contributed by atoms with Crippen LogP contribution in [-0.2, 0) is 20.9 Å². The van der Waals surface area contributed by atoms with E-state index in [-0.39, 0.29) is 17.8 Å². The molecule has 0 bridgehead atoms. The van der Waals surface area contributed by atoms with E-state index < -0.39 is 0 Å². The maximum Gasteiger partial charge on any atom is 0.309 e. The second-order valence-corrected chi connectivity index (χ2v) is 7.74. The quantitative estimate of drug-likeness (QED) is 0.523. The Labute approximate surface area is 169 Å². The van der Waals surface area contributed by atoms with Gasteiger partial charge in [0.25, 0.3) is 0 Å². The molecule has 0 saturated carbocycles. The van der Waals surface area contributed by atoms with Crippen LogP contribution in [0.4, 0.5) is 0 Å². The van der Waals surface area contributed by atoms with Crippen molar-refractivity contribution in [3.63, 3.8) is 0 Å². The van der Waals surface area contributed by atoms with E-state index in [1.165, 1.54) is 17.3 Å². The maximum atomic E-state index is 12.6. The predicted molar refractivity (Wildman–Crippen MR) is 107 cm³/mol. The molecule has 1 aromatic carbocycles. The van der Waals surface area contributed by atoms with E-state index in [1.54, 1.807) is 0 Å². The lowest BCUT2D eigenvalue weighted by Gasteiger charge is -2.30. The Hall–Kier alpha value is -2.35. The standard InChI is InChI=1S/C20H26N4O3S/c1-3-27-19(26)17-9-11-23(12-10-17)18(25)14-28-20-22-21-15(2)24(20)13-16-7-5-4-6-8-16/h4-8,17H,3,9-14H2,1-2H3. The second-order valence-electron chi connectivity index (χ2n) is 6.80. The third-order valence-corrected chi connectivity index (χ3v) is 5.83. The SMILES string of the molecule is CCOC(=O)C1CCN(C(=O)CSc2nnc(C)n2Cc2ccccc2)CC1. The fraction of sp³-hybridized carbons (Fsp3) is 0.500. The number of thioether (sulfide) groups is 1. The van der Waals surface area contributed by atoms with Crippen molar-refractivity contribution in [1.82, 2.24) is 19.7 Å². The molecule has 0 unspecified atom stereocenters. The maximum absolute atomic E-state index is 12.6. The minimum Gasteiger partial charge on any atom is -0.466 e. The molecule has 2 aromatic rings. The van der Waals surface area contributed by atoms with Crippen molar-refractivity contribution < 1.29 is 14.3 Å². The van der Waals surface area contributed by atoms with Crippen molar-refractivity contribution in [2.75, 3.05) is 25.4 Å². The van der Waals surface area contributed by atoms with Crippen LogP contribution < -0.4 is 0 Å². The zero-order valence-corrected chi connectivity index (χ0v) is 17.2. The number of piperidine rings is 1. The highest BCUT2D eigenvalue weighted by Crippen LogP contribution is 2.22. The van der Waals surface area contributed by atoms with Crippen molar-refractivity contribution >= 4 is 23.6 Å². The van der Waals surface area contributed by atoms with Crippen LogP contribution in [0.5, 0.6) is 0 Å². The van der Waals surface area contributed by atoms with Crippen LogP contribution in [0, 0.1) is 12.8 Å². The summed E-state index contributed by atoms with van der Waals surface area (Å²) in [5.41, 5.74) is 1.17. The Morgan fingerprint density at radius 3 is 2.57 bits per heavy atom. The van der Waals surface area contributed by atoms with Crippen molar-refractivity contribution in [2.24, 2.45) is 5.92 Å². The van der Waals surface area contributed by atoms with E-state index in [2.05, 4.69) is 22.3 Å². The lowest BCUT2D eigenvalue weighted by molar-refractivity contribution is -0.151. The molecule has 0 spiro atoms. The lowest BCUT2D eigenvalue weighted by atomic mass is 9.97. The summed E-state index contributed by atoms with van der Waals surface area (Å²) >= 11 is 1.41. The molecule has 0 atom stereocenters. The Kier molecular flexibility index (Phi) is 7.08. The average Bonchev–Trinajstić information content (AvgIpc) is 3.07. The third kappa shape index (κ3) is 5.13. The number of hydrogen-bond acceptors (Lipinski definition) is 6. The number of esters is 1. The van der Waals surface area contributed by atoms with Gasteiger partial charge in [0.1, 0.15) is 5.82 Å². The Morgan fingerprint density at radius 2 is 1.89 bits per heavy atom. The van der Waals surface area contributed by atoms with Crippen LogP contribution in [-0.4, -0.2) is 57.0 Å². The number of amides is 1. The number of aryl methyl sites for hydroxylation is 1. The highest BCUT2D eigenvalue weighted by molar-refractivity contribution is 7.99. The first-order valence-electron chi connectivity index (χ1n) is 9.59. The van der Waals surface area contributed by atoms with Crippen LogP contribution in [0.15, 0.2) is 35.5 Å². The Morgan fingerprint density at radius 1 is 1.18 bits per heavy atom. The van der Waals surface area contributed by atoms with E-state index >= 15 is 0 Å². The zero-order valence-electron chi connectivity index (χ0n) is 16.3. The van der Waals surface area contributed by atoms with Crippen molar-refractivity contribution in [3.8, 4) is 0 Å². The highest BCUT2D eigenvalue weighted by Gasteiger charge is 2.28. The fourth-order valence-corrected chi connectivity index (χ4v) is 4.14. The molecule has 150 valence electrons. The largest absolute Gasteiger partial charge is 0.466 e. The number of aromatic nitrogens is 3. The van der Waals surface area contributed by atoms with Crippen LogP contribution in [0.25, 0.3) is 0 Å². The Balaban J connectivity index is 1.52. The summed E-state index contributed by atoms with van der Waals surface area (Å²) < 4.78 is 7.11. The van der Waals surface area contributed by atoms with Crippen molar-refractivity contribution in [3.05, 3.63) is 41.7 Å². The van der Waals surface area contributed by atoms with Crippen LogP contribution in [0.3, 0.4) is 0 Å². The molecule has 28 heavy (non-hydrogen) atoms. The van der Waals surface area contributed by atoms with Gasteiger partial charge in [0.15, 0.2) is 5.16 Å². The predicted octanol–water partition coefficient (Wildman–Crippen LogP) is 2.53. The van der Waals surface area contributed by atoms with Gasteiger partial charge < -0.3 is 14.2 Å². The van der Waals surface area contributed by atoms with Gasteiger partial charge in [-0.1, -0.05) is 42.1 Å². The minimum absolute atomic E-state index is 0.0687. The smallest absolute Gasteiger partial charge is 0.309 e. The minimum atomic E-state index is -0.145. The first kappa shape index (κ1) is 20.4. The van der Waals surface area contributed by atoms with Gasteiger partial charge in [0.05, 0.1) is 24.8 Å². The first-order valence-corrected chi connectivity index (χ1v) is 10.6. The number of likely N-dealkylation sites (tertiary alicyclic amines) is 1. The number of ether oxygens (including phenoxy) is 1. The summed E-state index contributed by atoms with van der Waals surface area (Å²) in [6.07, 6.45) is 1.33. The summed E-state index contributed by atoms with van der Waals surface area (Å²) in [7, 11) is 0. The normalized spacial score (nSPS) is 14.9. The molecule has 1 aliphatic heterocycles. The number of hydrogen-bond donors (Lipinski definition) is 0. The molecule has 8 heteroatoms. The molecule has 1 fully saturated rings. The molecule has 0 radical (unpaired) electrons. The van der Waals surface area contributed by atoms with Gasteiger partial charge in [-0.15, -0.1) is 10.2 Å². The molecule has 0 N–H and O–H groups in total. The summed E-state index contributed by atoms with van der Waals surface area (Å²) in [5, 5.41) is 9.14.